The van der Waals surface area contributed by atoms with Gasteiger partial charge in [0.15, 0.2) is 19.7 Å². The lowest BCUT2D eigenvalue weighted by molar-refractivity contribution is -0.151. The van der Waals surface area contributed by atoms with Crippen LogP contribution in [0, 0.1) is 5.92 Å². The highest BCUT2D eigenvalue weighted by molar-refractivity contribution is 7.92. The fourth-order valence-corrected chi connectivity index (χ4v) is 8.43. The number of H-pyrrole nitrogens is 1. The molecule has 0 saturated carbocycles. The van der Waals surface area contributed by atoms with Gasteiger partial charge in [-0.05, 0) is 62.1 Å². The molecule has 0 aliphatic carbocycles. The van der Waals surface area contributed by atoms with Crippen LogP contribution in [0.3, 0.4) is 0 Å². The first-order valence-corrected chi connectivity index (χ1v) is 18.5. The Kier molecular flexibility index (Phi) is 10.3. The molecule has 0 spiro atoms. The number of nitrogens with one attached hydrogen (secondary N) is 1. The first-order valence-electron chi connectivity index (χ1n) is 14.2. The van der Waals surface area contributed by atoms with E-state index in [4.69, 9.17) is 27.9 Å². The Morgan fingerprint density at radius 1 is 1.04 bits per heavy atom. The standard InChI is InChI=1S/C29H32Cl2F3N3O8S2/c1-5-47(43,44)22-7-6-18(30)8-17(22)12-37-26(39)19-9-21(29(32,33)34)20(24(31)25(19)35-27(37)40)13-36-10-16(11-36)14-46(41,42)15-23(38)45-28(2,3)4/h6-9,16H,5,10-15H2,1-4H3,(H,35,40). The van der Waals surface area contributed by atoms with E-state index < -0.39 is 88.4 Å². The molecule has 2 aromatic carbocycles. The molecule has 1 aliphatic rings. The van der Waals surface area contributed by atoms with E-state index in [2.05, 4.69) is 4.98 Å². The number of nitrogens with zero attached hydrogens (tertiary/aromatic N) is 2. The number of halogens is 5. The van der Waals surface area contributed by atoms with Gasteiger partial charge in [-0.2, -0.15) is 13.2 Å². The highest BCUT2D eigenvalue weighted by atomic mass is 35.5. The number of aromatic nitrogens is 2. The minimum absolute atomic E-state index is 0.00879. The van der Waals surface area contributed by atoms with Crippen LogP contribution in [0.25, 0.3) is 10.9 Å². The molecule has 1 saturated heterocycles. The molecule has 1 fully saturated rings. The van der Waals surface area contributed by atoms with Crippen molar-refractivity contribution in [3.8, 4) is 0 Å². The SMILES string of the molecule is CCS(=O)(=O)c1ccc(Cl)cc1Cn1c(=O)[nH]c2c(Cl)c(CN3CC(CS(=O)(=O)CC(=O)OC(C)(C)C)C3)c(C(F)(F)F)cc2c1=O. The van der Waals surface area contributed by atoms with Gasteiger partial charge in [0.2, 0.25) is 0 Å². The van der Waals surface area contributed by atoms with E-state index >= 15 is 0 Å². The predicted octanol–water partition coefficient (Wildman–Crippen LogP) is 4.05. The number of carbonyl (C=O) groups is 1. The van der Waals surface area contributed by atoms with Crippen LogP contribution in [0.5, 0.6) is 0 Å². The average Bonchev–Trinajstić information content (AvgIpc) is 2.89. The fourth-order valence-electron chi connectivity index (χ4n) is 5.35. The molecule has 2 heterocycles. The number of fused-ring (bicyclic) bond motifs is 1. The second-order valence-electron chi connectivity index (χ2n) is 12.3. The van der Waals surface area contributed by atoms with Crippen molar-refractivity contribution in [2.45, 2.75) is 57.5 Å². The van der Waals surface area contributed by atoms with Crippen LogP contribution < -0.4 is 11.2 Å². The third kappa shape index (κ3) is 8.57. The van der Waals surface area contributed by atoms with E-state index in [0.717, 1.165) is 0 Å². The number of aromatic amines is 1. The summed E-state index contributed by atoms with van der Waals surface area (Å²) in [5.41, 5.74) is -5.07. The summed E-state index contributed by atoms with van der Waals surface area (Å²) in [6.45, 7) is 5.37. The number of hydrogen-bond acceptors (Lipinski definition) is 9. The van der Waals surface area contributed by atoms with Crippen LogP contribution in [-0.4, -0.2) is 73.2 Å². The Morgan fingerprint density at radius 2 is 1.68 bits per heavy atom. The van der Waals surface area contributed by atoms with Crippen molar-refractivity contribution in [1.29, 1.82) is 0 Å². The second kappa shape index (κ2) is 13.2. The van der Waals surface area contributed by atoms with Crippen molar-refractivity contribution in [3.63, 3.8) is 0 Å². The maximum Gasteiger partial charge on any atom is 0.416 e. The Balaban J connectivity index is 1.64. The Hall–Kier alpha value is -2.92. The summed E-state index contributed by atoms with van der Waals surface area (Å²) in [5, 5.41) is -0.960. The lowest BCUT2D eigenvalue weighted by Gasteiger charge is -2.39. The topological polar surface area (TPSA) is 153 Å². The van der Waals surface area contributed by atoms with Gasteiger partial charge >= 0.3 is 17.8 Å². The Labute approximate surface area is 278 Å². The smallest absolute Gasteiger partial charge is 0.416 e. The van der Waals surface area contributed by atoms with E-state index in [9.17, 15) is 44.4 Å². The lowest BCUT2D eigenvalue weighted by Crippen LogP contribution is -2.49. The van der Waals surface area contributed by atoms with E-state index in [0.29, 0.717) is 10.6 Å². The number of carbonyl (C=O) groups excluding carboxylic acids is 1. The Bertz CT molecular complexity index is 2070. The number of alkyl halides is 3. The third-order valence-electron chi connectivity index (χ3n) is 7.35. The Morgan fingerprint density at radius 3 is 2.26 bits per heavy atom. The number of ether oxygens (including phenoxy) is 1. The molecule has 0 unspecified atom stereocenters. The number of rotatable bonds is 10. The molecule has 18 heteroatoms. The minimum Gasteiger partial charge on any atom is -0.459 e. The molecule has 47 heavy (non-hydrogen) atoms. The highest BCUT2D eigenvalue weighted by Crippen LogP contribution is 2.39. The zero-order valence-electron chi connectivity index (χ0n) is 25.7. The van der Waals surface area contributed by atoms with Gasteiger partial charge in [0, 0.05) is 24.7 Å². The molecular formula is C29H32Cl2F3N3O8S2. The van der Waals surface area contributed by atoms with Crippen molar-refractivity contribution < 1.29 is 39.5 Å². The quantitative estimate of drug-likeness (QED) is 0.304. The molecule has 1 aromatic heterocycles. The number of sulfone groups is 2. The molecule has 1 aliphatic heterocycles. The van der Waals surface area contributed by atoms with Crippen LogP contribution in [0.1, 0.15) is 44.4 Å². The van der Waals surface area contributed by atoms with Crippen LogP contribution in [0.15, 0.2) is 38.8 Å². The third-order valence-corrected chi connectivity index (χ3v) is 11.5. The molecular weight excluding hydrogens is 710 g/mol. The summed E-state index contributed by atoms with van der Waals surface area (Å²) in [6, 6.07) is 4.37. The summed E-state index contributed by atoms with van der Waals surface area (Å²) in [4.78, 5) is 42.2. The van der Waals surface area contributed by atoms with Gasteiger partial charge in [-0.15, -0.1) is 0 Å². The monoisotopic (exact) mass is 741 g/mol. The van der Waals surface area contributed by atoms with Gasteiger partial charge in [0.25, 0.3) is 5.56 Å². The molecule has 0 amide bonds. The second-order valence-corrected chi connectivity index (χ2v) is 17.5. The summed E-state index contributed by atoms with van der Waals surface area (Å²) in [6.07, 6.45) is -4.98. The van der Waals surface area contributed by atoms with Gasteiger partial charge in [-0.25, -0.2) is 21.6 Å². The van der Waals surface area contributed by atoms with Gasteiger partial charge in [-0.1, -0.05) is 30.1 Å². The van der Waals surface area contributed by atoms with E-state index in [1.54, 1.807) is 20.8 Å². The zero-order chi connectivity index (χ0) is 35.3. The van der Waals surface area contributed by atoms with Gasteiger partial charge in [0.1, 0.15) is 11.4 Å². The molecule has 0 bridgehead atoms. The van der Waals surface area contributed by atoms with Crippen LogP contribution in [-0.2, 0) is 48.5 Å². The molecule has 4 rings (SSSR count). The maximum atomic E-state index is 14.3. The normalized spacial score (nSPS) is 15.2. The summed E-state index contributed by atoms with van der Waals surface area (Å²) in [7, 11) is -7.68. The predicted molar refractivity (Wildman–Crippen MR) is 170 cm³/mol. The van der Waals surface area contributed by atoms with E-state index in [1.165, 1.54) is 30.0 Å². The van der Waals surface area contributed by atoms with E-state index in [-0.39, 0.29) is 52.1 Å². The number of hydrogen-bond donors (Lipinski definition) is 1. The first kappa shape index (κ1) is 36.9. The molecule has 11 nitrogen and oxygen atoms in total. The average molecular weight is 743 g/mol. The first-order chi connectivity index (χ1) is 21.5. The van der Waals surface area contributed by atoms with Crippen molar-refractivity contribution in [2.75, 3.05) is 30.3 Å². The van der Waals surface area contributed by atoms with Crippen molar-refractivity contribution in [3.05, 3.63) is 71.8 Å². The van der Waals surface area contributed by atoms with Crippen LogP contribution in [0.2, 0.25) is 10.0 Å². The lowest BCUT2D eigenvalue weighted by atomic mass is 9.98. The largest absolute Gasteiger partial charge is 0.459 e. The number of benzene rings is 2. The minimum atomic E-state index is -4.98. The van der Waals surface area contributed by atoms with E-state index in [1.807, 2.05) is 0 Å². The van der Waals surface area contributed by atoms with Crippen molar-refractivity contribution in [2.24, 2.45) is 5.92 Å². The number of esters is 1. The van der Waals surface area contributed by atoms with Gasteiger partial charge in [-0.3, -0.25) is 19.1 Å². The fraction of sp³-hybridized carbons (Fsp3) is 0.483. The molecule has 258 valence electrons. The number of likely N-dealkylation sites (tertiary alicyclic amines) is 1. The molecule has 1 N–H and O–H groups in total. The summed E-state index contributed by atoms with van der Waals surface area (Å²) < 4.78 is 98.9. The van der Waals surface area contributed by atoms with Crippen LogP contribution in [0.4, 0.5) is 13.2 Å². The van der Waals surface area contributed by atoms with Crippen LogP contribution >= 0.6 is 23.2 Å². The molecule has 0 atom stereocenters. The summed E-state index contributed by atoms with van der Waals surface area (Å²) in [5.74, 6) is -2.86. The van der Waals surface area contributed by atoms with Gasteiger partial charge < -0.3 is 9.72 Å². The highest BCUT2D eigenvalue weighted by Gasteiger charge is 2.39. The maximum absolute atomic E-state index is 14.3. The van der Waals surface area contributed by atoms with Crippen molar-refractivity contribution in [1.82, 2.24) is 14.5 Å². The van der Waals surface area contributed by atoms with Crippen molar-refractivity contribution >= 4 is 59.7 Å². The zero-order valence-corrected chi connectivity index (χ0v) is 28.8. The molecule has 0 radical (unpaired) electrons. The van der Waals surface area contributed by atoms with Gasteiger partial charge in [0.05, 0.1) is 44.4 Å². The summed E-state index contributed by atoms with van der Waals surface area (Å²) >= 11 is 12.5. The molecule has 3 aromatic rings.